The van der Waals surface area contributed by atoms with Crippen LogP contribution in [0.1, 0.15) is 18.4 Å². The van der Waals surface area contributed by atoms with Crippen LogP contribution in [0.25, 0.3) is 0 Å². The third kappa shape index (κ3) is 3.44. The van der Waals surface area contributed by atoms with E-state index in [4.69, 9.17) is 15.2 Å². The molecule has 2 unspecified atom stereocenters. The number of aryl methyl sites for hydroxylation is 1. The van der Waals surface area contributed by atoms with Crippen molar-refractivity contribution in [1.29, 1.82) is 0 Å². The summed E-state index contributed by atoms with van der Waals surface area (Å²) >= 11 is 3.44. The molecule has 0 spiro atoms. The predicted octanol–water partition coefficient (Wildman–Crippen LogP) is 2.64. The summed E-state index contributed by atoms with van der Waals surface area (Å²) in [5.41, 5.74) is 6.72. The molecule has 2 atom stereocenters. The molecule has 3 nitrogen and oxygen atoms in total. The van der Waals surface area contributed by atoms with Gasteiger partial charge in [0.2, 0.25) is 0 Å². The second-order valence-electron chi connectivity index (χ2n) is 4.41. The zero-order valence-corrected chi connectivity index (χ0v) is 11.6. The van der Waals surface area contributed by atoms with Gasteiger partial charge in [-0.2, -0.15) is 0 Å². The van der Waals surface area contributed by atoms with Crippen LogP contribution in [0.5, 0.6) is 5.75 Å². The Bertz CT molecular complexity index is 384. The fourth-order valence-corrected chi connectivity index (χ4v) is 2.33. The highest BCUT2D eigenvalue weighted by atomic mass is 79.9. The molecular weight excluding hydrogens is 282 g/mol. The maximum absolute atomic E-state index is 5.80. The summed E-state index contributed by atoms with van der Waals surface area (Å²) in [6.07, 6.45) is 2.48. The fourth-order valence-electron chi connectivity index (χ4n) is 1.99. The van der Waals surface area contributed by atoms with Gasteiger partial charge in [-0.25, -0.2) is 0 Å². The number of ether oxygens (including phenoxy) is 2. The van der Waals surface area contributed by atoms with E-state index in [2.05, 4.69) is 15.9 Å². The minimum absolute atomic E-state index is 0.182. The van der Waals surface area contributed by atoms with Gasteiger partial charge in [-0.1, -0.05) is 22.0 Å². The van der Waals surface area contributed by atoms with Crippen molar-refractivity contribution in [2.45, 2.75) is 32.0 Å². The molecule has 0 amide bonds. The standard InChI is InChI=1S/C13H18BrNO2/c1-9-2-3-10(14)6-13(9)16-8-12-5-4-11(7-15)17-12/h2-3,6,11-12H,4-5,7-8,15H2,1H3. The first kappa shape index (κ1) is 12.9. The molecule has 4 heteroatoms. The second-order valence-corrected chi connectivity index (χ2v) is 5.33. The van der Waals surface area contributed by atoms with E-state index in [-0.39, 0.29) is 12.2 Å². The molecule has 0 aliphatic carbocycles. The number of rotatable bonds is 4. The Kier molecular flexibility index (Phi) is 4.42. The lowest BCUT2D eigenvalue weighted by Crippen LogP contribution is -2.23. The average Bonchev–Trinajstić information content (AvgIpc) is 2.78. The highest BCUT2D eigenvalue weighted by Crippen LogP contribution is 2.25. The van der Waals surface area contributed by atoms with Crippen LogP contribution >= 0.6 is 15.9 Å². The first-order valence-corrected chi connectivity index (χ1v) is 6.73. The Morgan fingerprint density at radius 2 is 2.18 bits per heavy atom. The molecular formula is C13H18BrNO2. The third-order valence-electron chi connectivity index (χ3n) is 3.03. The summed E-state index contributed by atoms with van der Waals surface area (Å²) in [7, 11) is 0. The van der Waals surface area contributed by atoms with Crippen LogP contribution in [0, 0.1) is 6.92 Å². The lowest BCUT2D eigenvalue weighted by atomic mass is 10.2. The van der Waals surface area contributed by atoms with Crippen molar-refractivity contribution < 1.29 is 9.47 Å². The lowest BCUT2D eigenvalue weighted by Gasteiger charge is -2.15. The number of hydrogen-bond acceptors (Lipinski definition) is 3. The van der Waals surface area contributed by atoms with E-state index in [0.29, 0.717) is 13.2 Å². The molecule has 1 aromatic rings. The van der Waals surface area contributed by atoms with Crippen LogP contribution in [0.4, 0.5) is 0 Å². The molecule has 17 heavy (non-hydrogen) atoms. The fraction of sp³-hybridized carbons (Fsp3) is 0.538. The monoisotopic (exact) mass is 299 g/mol. The summed E-state index contributed by atoms with van der Waals surface area (Å²) < 4.78 is 12.6. The Hall–Kier alpha value is -0.580. The molecule has 1 fully saturated rings. The van der Waals surface area contributed by atoms with Gasteiger partial charge in [-0.05, 0) is 37.5 Å². The van der Waals surface area contributed by atoms with E-state index in [0.717, 1.165) is 28.6 Å². The van der Waals surface area contributed by atoms with Gasteiger partial charge in [0.15, 0.2) is 0 Å². The first-order valence-electron chi connectivity index (χ1n) is 5.93. The lowest BCUT2D eigenvalue weighted by molar-refractivity contribution is 0.0220. The smallest absolute Gasteiger partial charge is 0.123 e. The van der Waals surface area contributed by atoms with Crippen LogP contribution in [-0.4, -0.2) is 25.4 Å². The van der Waals surface area contributed by atoms with Gasteiger partial charge in [-0.3, -0.25) is 0 Å². The molecule has 0 aromatic heterocycles. The van der Waals surface area contributed by atoms with Crippen molar-refractivity contribution in [2.75, 3.05) is 13.2 Å². The van der Waals surface area contributed by atoms with Gasteiger partial charge in [-0.15, -0.1) is 0 Å². The topological polar surface area (TPSA) is 44.5 Å². The SMILES string of the molecule is Cc1ccc(Br)cc1OCC1CCC(CN)O1. The largest absolute Gasteiger partial charge is 0.491 e. The number of halogens is 1. The minimum atomic E-state index is 0.182. The predicted molar refractivity (Wildman–Crippen MR) is 71.3 cm³/mol. The Morgan fingerprint density at radius 1 is 1.41 bits per heavy atom. The Morgan fingerprint density at radius 3 is 2.88 bits per heavy atom. The molecule has 94 valence electrons. The number of nitrogens with two attached hydrogens (primary N) is 1. The average molecular weight is 300 g/mol. The van der Waals surface area contributed by atoms with E-state index < -0.39 is 0 Å². The van der Waals surface area contributed by atoms with E-state index in [9.17, 15) is 0 Å². The van der Waals surface area contributed by atoms with Crippen LogP contribution in [0.2, 0.25) is 0 Å². The molecule has 0 radical (unpaired) electrons. The molecule has 1 aromatic carbocycles. The maximum Gasteiger partial charge on any atom is 0.123 e. The van der Waals surface area contributed by atoms with Gasteiger partial charge in [0.1, 0.15) is 12.4 Å². The molecule has 1 aliphatic heterocycles. The van der Waals surface area contributed by atoms with E-state index >= 15 is 0 Å². The third-order valence-corrected chi connectivity index (χ3v) is 3.53. The Labute approximate surface area is 110 Å². The highest BCUT2D eigenvalue weighted by Gasteiger charge is 2.24. The number of hydrogen-bond donors (Lipinski definition) is 1. The first-order chi connectivity index (χ1) is 8.19. The van der Waals surface area contributed by atoms with Crippen molar-refractivity contribution in [3.05, 3.63) is 28.2 Å². The molecule has 2 N–H and O–H groups in total. The van der Waals surface area contributed by atoms with Gasteiger partial charge in [0.05, 0.1) is 12.2 Å². The molecule has 0 saturated carbocycles. The molecule has 1 aliphatic rings. The van der Waals surface area contributed by atoms with Crippen molar-refractivity contribution in [3.8, 4) is 5.75 Å². The molecule has 1 saturated heterocycles. The minimum Gasteiger partial charge on any atom is -0.491 e. The van der Waals surface area contributed by atoms with Gasteiger partial charge in [0, 0.05) is 11.0 Å². The quantitative estimate of drug-likeness (QED) is 0.929. The zero-order chi connectivity index (χ0) is 12.3. The van der Waals surface area contributed by atoms with Crippen molar-refractivity contribution >= 4 is 15.9 Å². The van der Waals surface area contributed by atoms with Gasteiger partial charge in [0.25, 0.3) is 0 Å². The van der Waals surface area contributed by atoms with Crippen LogP contribution < -0.4 is 10.5 Å². The van der Waals surface area contributed by atoms with Crippen LogP contribution in [-0.2, 0) is 4.74 Å². The number of benzene rings is 1. The summed E-state index contributed by atoms with van der Waals surface area (Å²) in [4.78, 5) is 0. The Balaban J connectivity index is 1.88. The van der Waals surface area contributed by atoms with Gasteiger partial charge < -0.3 is 15.2 Å². The van der Waals surface area contributed by atoms with Crippen molar-refractivity contribution in [1.82, 2.24) is 0 Å². The van der Waals surface area contributed by atoms with E-state index in [1.54, 1.807) is 0 Å². The summed E-state index contributed by atoms with van der Waals surface area (Å²) in [5.74, 6) is 0.916. The second kappa shape index (κ2) is 5.85. The van der Waals surface area contributed by atoms with Gasteiger partial charge >= 0.3 is 0 Å². The van der Waals surface area contributed by atoms with E-state index in [1.165, 1.54) is 0 Å². The molecule has 0 bridgehead atoms. The summed E-state index contributed by atoms with van der Waals surface area (Å²) in [6.45, 7) is 3.25. The van der Waals surface area contributed by atoms with Crippen molar-refractivity contribution in [3.63, 3.8) is 0 Å². The van der Waals surface area contributed by atoms with Crippen LogP contribution in [0.15, 0.2) is 22.7 Å². The van der Waals surface area contributed by atoms with Crippen LogP contribution in [0.3, 0.4) is 0 Å². The molecule has 1 heterocycles. The normalized spacial score (nSPS) is 23.9. The van der Waals surface area contributed by atoms with Crippen molar-refractivity contribution in [2.24, 2.45) is 5.73 Å². The maximum atomic E-state index is 5.80. The summed E-state index contributed by atoms with van der Waals surface area (Å²) in [5, 5.41) is 0. The zero-order valence-electron chi connectivity index (χ0n) is 9.99. The summed E-state index contributed by atoms with van der Waals surface area (Å²) in [6, 6.07) is 6.04. The van der Waals surface area contributed by atoms with E-state index in [1.807, 2.05) is 25.1 Å². The highest BCUT2D eigenvalue weighted by molar-refractivity contribution is 9.10. The molecule has 2 rings (SSSR count).